The van der Waals surface area contributed by atoms with E-state index in [1.54, 1.807) is 12.3 Å². The van der Waals surface area contributed by atoms with Crippen LogP contribution in [0.15, 0.2) is 30.6 Å². The first kappa shape index (κ1) is 13.9. The average molecular weight is 279 g/mol. The second kappa shape index (κ2) is 6.11. The minimum absolute atomic E-state index is 0.0821. The van der Waals surface area contributed by atoms with E-state index in [1.165, 1.54) is 0 Å². The number of rotatable bonds is 5. The van der Waals surface area contributed by atoms with Crippen LogP contribution in [0.5, 0.6) is 5.75 Å². The molecule has 0 saturated heterocycles. The predicted octanol–water partition coefficient (Wildman–Crippen LogP) is 4.10. The van der Waals surface area contributed by atoms with Gasteiger partial charge in [0.05, 0.1) is 5.02 Å². The van der Waals surface area contributed by atoms with Gasteiger partial charge in [-0.15, -0.1) is 0 Å². The second-order valence-corrected chi connectivity index (χ2v) is 5.18. The molecule has 0 radical (unpaired) electrons. The molecule has 1 aromatic carbocycles. The largest absolute Gasteiger partial charge is 0.506 e. The molecular formula is C15H19ClN2O. The summed E-state index contributed by atoms with van der Waals surface area (Å²) in [4.78, 5) is 4.42. The van der Waals surface area contributed by atoms with Crippen molar-refractivity contribution in [3.8, 4) is 5.75 Å². The number of hydrogen-bond donors (Lipinski definition) is 1. The molecule has 0 aliphatic carbocycles. The molecule has 0 aliphatic heterocycles. The number of benzene rings is 1. The number of aryl methyl sites for hydroxylation is 1. The highest BCUT2D eigenvalue weighted by Crippen LogP contribution is 2.37. The topological polar surface area (TPSA) is 38.1 Å². The Morgan fingerprint density at radius 3 is 2.84 bits per heavy atom. The molecule has 0 bridgehead atoms. The molecule has 4 heteroatoms. The van der Waals surface area contributed by atoms with Crippen LogP contribution in [0.2, 0.25) is 5.02 Å². The van der Waals surface area contributed by atoms with Crippen LogP contribution in [-0.4, -0.2) is 14.7 Å². The Balaban J connectivity index is 2.43. The first-order valence-electron chi connectivity index (χ1n) is 6.59. The maximum atomic E-state index is 10.2. The fourth-order valence-corrected chi connectivity index (χ4v) is 2.54. The SMILES string of the molecule is CCCCC(c1cccc(Cl)c1O)c1nccn1C. The molecule has 1 N–H and O–H groups in total. The Bertz CT molecular complexity index is 551. The van der Waals surface area contributed by atoms with Gasteiger partial charge >= 0.3 is 0 Å². The Morgan fingerprint density at radius 2 is 2.21 bits per heavy atom. The number of halogens is 1. The van der Waals surface area contributed by atoms with Crippen LogP contribution in [-0.2, 0) is 7.05 Å². The van der Waals surface area contributed by atoms with Gasteiger partial charge in [0, 0.05) is 30.9 Å². The van der Waals surface area contributed by atoms with Crippen molar-refractivity contribution in [3.05, 3.63) is 47.0 Å². The standard InChI is InChI=1S/C15H19ClN2O/c1-3-4-6-12(15-17-9-10-18(15)2)11-7-5-8-13(16)14(11)19/h5,7-10,12,19H,3-4,6H2,1-2H3. The van der Waals surface area contributed by atoms with Crippen LogP contribution >= 0.6 is 11.6 Å². The summed E-state index contributed by atoms with van der Waals surface area (Å²) in [5, 5.41) is 10.6. The lowest BCUT2D eigenvalue weighted by Gasteiger charge is -2.18. The number of phenolic OH excluding ortho intramolecular Hbond substituents is 1. The molecular weight excluding hydrogens is 260 g/mol. The molecule has 3 nitrogen and oxygen atoms in total. The number of hydrogen-bond acceptors (Lipinski definition) is 2. The number of nitrogens with zero attached hydrogens (tertiary/aromatic N) is 2. The molecule has 0 amide bonds. The minimum Gasteiger partial charge on any atom is -0.506 e. The highest BCUT2D eigenvalue weighted by molar-refractivity contribution is 6.32. The highest BCUT2D eigenvalue weighted by Gasteiger charge is 2.21. The van der Waals surface area contributed by atoms with E-state index in [4.69, 9.17) is 11.6 Å². The summed E-state index contributed by atoms with van der Waals surface area (Å²) in [6.45, 7) is 2.16. The van der Waals surface area contributed by atoms with Gasteiger partial charge in [-0.2, -0.15) is 0 Å². The summed E-state index contributed by atoms with van der Waals surface area (Å²) < 4.78 is 2.00. The van der Waals surface area contributed by atoms with E-state index in [0.717, 1.165) is 30.7 Å². The molecule has 0 fully saturated rings. The molecule has 0 spiro atoms. The normalized spacial score (nSPS) is 12.6. The smallest absolute Gasteiger partial charge is 0.138 e. The first-order valence-corrected chi connectivity index (χ1v) is 6.97. The van der Waals surface area contributed by atoms with Gasteiger partial charge < -0.3 is 9.67 Å². The van der Waals surface area contributed by atoms with Gasteiger partial charge in [0.2, 0.25) is 0 Å². The lowest BCUT2D eigenvalue weighted by molar-refractivity contribution is 0.458. The van der Waals surface area contributed by atoms with E-state index in [1.807, 2.05) is 29.9 Å². The number of aromatic hydroxyl groups is 1. The zero-order valence-electron chi connectivity index (χ0n) is 11.3. The number of unbranched alkanes of at least 4 members (excludes halogenated alkanes) is 1. The zero-order chi connectivity index (χ0) is 13.8. The van der Waals surface area contributed by atoms with Crippen molar-refractivity contribution < 1.29 is 5.11 Å². The zero-order valence-corrected chi connectivity index (χ0v) is 12.1. The van der Waals surface area contributed by atoms with E-state index in [2.05, 4.69) is 11.9 Å². The van der Waals surface area contributed by atoms with Crippen LogP contribution in [0.3, 0.4) is 0 Å². The fourth-order valence-electron chi connectivity index (χ4n) is 2.36. The van der Waals surface area contributed by atoms with E-state index in [9.17, 15) is 5.11 Å². The Morgan fingerprint density at radius 1 is 1.42 bits per heavy atom. The van der Waals surface area contributed by atoms with Crippen molar-refractivity contribution in [1.29, 1.82) is 0 Å². The van der Waals surface area contributed by atoms with Crippen molar-refractivity contribution in [3.63, 3.8) is 0 Å². The van der Waals surface area contributed by atoms with Gasteiger partial charge in [-0.3, -0.25) is 0 Å². The van der Waals surface area contributed by atoms with Crippen molar-refractivity contribution in [2.75, 3.05) is 0 Å². The van der Waals surface area contributed by atoms with E-state index in [0.29, 0.717) is 5.02 Å². The molecule has 0 saturated carbocycles. The summed E-state index contributed by atoms with van der Waals surface area (Å²) in [5.41, 5.74) is 0.857. The quantitative estimate of drug-likeness (QED) is 0.894. The molecule has 102 valence electrons. The molecule has 2 aromatic rings. The molecule has 1 aromatic heterocycles. The van der Waals surface area contributed by atoms with Gasteiger partial charge in [0.1, 0.15) is 11.6 Å². The molecule has 2 rings (SSSR count). The van der Waals surface area contributed by atoms with Gasteiger partial charge in [0.15, 0.2) is 0 Å². The number of phenols is 1. The molecule has 19 heavy (non-hydrogen) atoms. The Hall–Kier alpha value is -1.48. The average Bonchev–Trinajstić information content (AvgIpc) is 2.81. The summed E-state index contributed by atoms with van der Waals surface area (Å²) in [5.74, 6) is 1.22. The Kier molecular flexibility index (Phi) is 4.48. The van der Waals surface area contributed by atoms with E-state index in [-0.39, 0.29) is 11.7 Å². The van der Waals surface area contributed by atoms with Crippen LogP contribution in [0.1, 0.15) is 43.5 Å². The van der Waals surface area contributed by atoms with Gasteiger partial charge in [-0.1, -0.05) is 43.5 Å². The Labute approximate surface area is 118 Å². The van der Waals surface area contributed by atoms with Gasteiger partial charge in [-0.25, -0.2) is 4.98 Å². The van der Waals surface area contributed by atoms with Crippen molar-refractivity contribution in [1.82, 2.24) is 9.55 Å². The molecule has 0 aliphatic rings. The maximum Gasteiger partial charge on any atom is 0.138 e. The number of aromatic nitrogens is 2. The minimum atomic E-state index is 0.0821. The molecule has 1 unspecified atom stereocenters. The third-order valence-corrected chi connectivity index (χ3v) is 3.71. The van der Waals surface area contributed by atoms with Crippen LogP contribution < -0.4 is 0 Å². The summed E-state index contributed by atoms with van der Waals surface area (Å²) in [6, 6.07) is 5.51. The lowest BCUT2D eigenvalue weighted by Crippen LogP contribution is -2.08. The van der Waals surface area contributed by atoms with Gasteiger partial charge in [0.25, 0.3) is 0 Å². The molecule has 1 atom stereocenters. The third kappa shape index (κ3) is 2.92. The van der Waals surface area contributed by atoms with Gasteiger partial charge in [-0.05, 0) is 12.5 Å². The number of para-hydroxylation sites is 1. The summed E-state index contributed by atoms with van der Waals surface area (Å²) >= 11 is 6.02. The third-order valence-electron chi connectivity index (χ3n) is 3.41. The monoisotopic (exact) mass is 278 g/mol. The molecule has 1 heterocycles. The van der Waals surface area contributed by atoms with Crippen LogP contribution in [0.4, 0.5) is 0 Å². The first-order chi connectivity index (χ1) is 9.15. The predicted molar refractivity (Wildman–Crippen MR) is 77.7 cm³/mol. The van der Waals surface area contributed by atoms with Crippen molar-refractivity contribution >= 4 is 11.6 Å². The fraction of sp³-hybridized carbons (Fsp3) is 0.400. The number of imidazole rings is 1. The maximum absolute atomic E-state index is 10.2. The van der Waals surface area contributed by atoms with Crippen LogP contribution in [0.25, 0.3) is 0 Å². The highest BCUT2D eigenvalue weighted by atomic mass is 35.5. The van der Waals surface area contributed by atoms with Crippen LogP contribution in [0, 0.1) is 0 Å². The second-order valence-electron chi connectivity index (χ2n) is 4.77. The lowest BCUT2D eigenvalue weighted by atomic mass is 9.92. The summed E-state index contributed by atoms with van der Waals surface area (Å²) in [7, 11) is 1.98. The van der Waals surface area contributed by atoms with Crippen molar-refractivity contribution in [2.24, 2.45) is 7.05 Å². The summed E-state index contributed by atoms with van der Waals surface area (Å²) in [6.07, 6.45) is 6.87. The van der Waals surface area contributed by atoms with Crippen molar-refractivity contribution in [2.45, 2.75) is 32.1 Å². The van der Waals surface area contributed by atoms with E-state index < -0.39 is 0 Å². The van der Waals surface area contributed by atoms with E-state index >= 15 is 0 Å².